The number of Topliss-reactive ketones (excluding diaryl/α,β-unsaturated/α-hetero) is 1. The van der Waals surface area contributed by atoms with Gasteiger partial charge in [-0.15, -0.1) is 0 Å². The van der Waals surface area contributed by atoms with E-state index in [2.05, 4.69) is 12.1 Å². The molecule has 0 aliphatic carbocycles. The number of nitrogens with zero attached hydrogens (tertiary/aromatic N) is 3. The first-order chi connectivity index (χ1) is 15.7. The summed E-state index contributed by atoms with van der Waals surface area (Å²) in [6, 6.07) is 16.5. The fraction of sp³-hybridized carbons (Fsp3) is 0.370. The molecule has 33 heavy (non-hydrogen) atoms. The van der Waals surface area contributed by atoms with Gasteiger partial charge in [-0.3, -0.25) is 4.79 Å². The Bertz CT molecular complexity index is 1180. The second-order valence-corrected chi connectivity index (χ2v) is 9.55. The zero-order valence-corrected chi connectivity index (χ0v) is 19.5. The van der Waals surface area contributed by atoms with Crippen LogP contribution in [0.15, 0.2) is 48.5 Å². The second-order valence-electron chi connectivity index (χ2n) is 9.55. The van der Waals surface area contributed by atoms with Crippen molar-refractivity contribution in [3.05, 3.63) is 59.7 Å². The summed E-state index contributed by atoms with van der Waals surface area (Å²) in [7, 11) is 3.10. The van der Waals surface area contributed by atoms with E-state index in [-0.39, 0.29) is 5.78 Å². The molecule has 0 N–H and O–H groups in total. The molecule has 6 nitrogen and oxygen atoms in total. The van der Waals surface area contributed by atoms with Crippen molar-refractivity contribution in [2.75, 3.05) is 19.1 Å². The molecule has 2 aromatic rings. The molecular weight excluding hydrogens is 414 g/mol. The number of hydrogen-bond donors (Lipinski definition) is 0. The zero-order valence-electron chi connectivity index (χ0n) is 19.5. The summed E-state index contributed by atoms with van der Waals surface area (Å²) in [4.78, 5) is 16.0. The minimum atomic E-state index is -1.49. The van der Waals surface area contributed by atoms with Crippen molar-refractivity contribution in [3.8, 4) is 23.6 Å². The topological polar surface area (TPSA) is 86.3 Å². The number of hydrogen-bond acceptors (Lipinski definition) is 6. The standard InChI is InChI=1S/C27H27N3O3/c1-26(2,3)25(31)24-23(18-12-19(32-4)14-20(13-18)33-5)27(15-28,16-29)22-11-10-17-8-6-7-9-21(17)30(22)24/h6-14,22-24H,1-5H3/t22-,23+,24-/m0/s1. The van der Waals surface area contributed by atoms with E-state index in [1.807, 2.05) is 62.1 Å². The highest BCUT2D eigenvalue weighted by Gasteiger charge is 2.64. The Labute approximate surface area is 194 Å². The molecular formula is C27H27N3O3. The average Bonchev–Trinajstić information content (AvgIpc) is 3.13. The van der Waals surface area contributed by atoms with Gasteiger partial charge in [0.25, 0.3) is 0 Å². The first-order valence-electron chi connectivity index (χ1n) is 10.9. The molecule has 6 heteroatoms. The highest BCUT2D eigenvalue weighted by atomic mass is 16.5. The van der Waals surface area contributed by atoms with Crippen LogP contribution in [-0.2, 0) is 4.79 Å². The molecule has 0 aromatic heterocycles. The van der Waals surface area contributed by atoms with E-state index >= 15 is 0 Å². The van der Waals surface area contributed by atoms with Gasteiger partial charge in [0, 0.05) is 23.1 Å². The van der Waals surface area contributed by atoms with E-state index in [1.54, 1.807) is 32.4 Å². The number of methoxy groups -OCH3 is 2. The van der Waals surface area contributed by atoms with Crippen LogP contribution in [0.25, 0.3) is 6.08 Å². The number of carbonyl (C=O) groups is 1. The molecule has 2 aromatic carbocycles. The van der Waals surface area contributed by atoms with Crippen LogP contribution in [0.1, 0.15) is 37.8 Å². The third-order valence-corrected chi connectivity index (χ3v) is 6.66. The molecule has 0 radical (unpaired) electrons. The number of ketones is 1. The van der Waals surface area contributed by atoms with Gasteiger partial charge in [-0.1, -0.05) is 51.1 Å². The molecule has 1 fully saturated rings. The van der Waals surface area contributed by atoms with E-state index in [4.69, 9.17) is 9.47 Å². The van der Waals surface area contributed by atoms with E-state index in [0.29, 0.717) is 17.1 Å². The van der Waals surface area contributed by atoms with Crippen LogP contribution in [0.4, 0.5) is 5.69 Å². The molecule has 2 aliphatic rings. The lowest BCUT2D eigenvalue weighted by Gasteiger charge is -2.37. The lowest BCUT2D eigenvalue weighted by atomic mass is 9.67. The monoisotopic (exact) mass is 441 g/mol. The number of nitriles is 2. The zero-order chi connectivity index (χ0) is 24.0. The first-order valence-corrected chi connectivity index (χ1v) is 10.9. The summed E-state index contributed by atoms with van der Waals surface area (Å²) in [6.07, 6.45) is 3.82. The molecule has 1 saturated heterocycles. The summed E-state index contributed by atoms with van der Waals surface area (Å²) < 4.78 is 10.9. The van der Waals surface area contributed by atoms with E-state index in [0.717, 1.165) is 11.3 Å². The number of para-hydroxylation sites is 1. The largest absolute Gasteiger partial charge is 0.497 e. The molecule has 0 spiro atoms. The third kappa shape index (κ3) is 3.34. The minimum absolute atomic E-state index is 0.0308. The predicted molar refractivity (Wildman–Crippen MR) is 126 cm³/mol. The van der Waals surface area contributed by atoms with E-state index in [9.17, 15) is 15.3 Å². The van der Waals surface area contributed by atoms with Gasteiger partial charge in [0.15, 0.2) is 11.2 Å². The van der Waals surface area contributed by atoms with Gasteiger partial charge in [-0.05, 0) is 29.3 Å². The highest BCUT2D eigenvalue weighted by molar-refractivity contribution is 5.96. The molecule has 3 atom stereocenters. The normalized spacial score (nSPS) is 22.5. The van der Waals surface area contributed by atoms with Crippen molar-refractivity contribution >= 4 is 17.5 Å². The maximum atomic E-state index is 14.0. The summed E-state index contributed by atoms with van der Waals surface area (Å²) in [5.74, 6) is 0.328. The van der Waals surface area contributed by atoms with Gasteiger partial charge in [0.05, 0.1) is 38.4 Å². The quantitative estimate of drug-likeness (QED) is 0.682. The molecule has 0 saturated carbocycles. The second kappa shape index (κ2) is 7.98. The molecule has 2 aliphatic heterocycles. The highest BCUT2D eigenvalue weighted by Crippen LogP contribution is 2.56. The van der Waals surface area contributed by atoms with Crippen LogP contribution in [0.3, 0.4) is 0 Å². The Kier molecular flexibility index (Phi) is 5.42. The van der Waals surface area contributed by atoms with Crippen LogP contribution in [0.2, 0.25) is 0 Å². The number of fused-ring (bicyclic) bond motifs is 3. The van der Waals surface area contributed by atoms with Crippen molar-refractivity contribution in [2.45, 2.75) is 38.8 Å². The van der Waals surface area contributed by atoms with Crippen LogP contribution >= 0.6 is 0 Å². The van der Waals surface area contributed by atoms with Gasteiger partial charge in [-0.2, -0.15) is 10.5 Å². The minimum Gasteiger partial charge on any atom is -0.497 e. The summed E-state index contributed by atoms with van der Waals surface area (Å²) >= 11 is 0. The van der Waals surface area contributed by atoms with Gasteiger partial charge in [0.2, 0.25) is 0 Å². The van der Waals surface area contributed by atoms with Crippen molar-refractivity contribution in [2.24, 2.45) is 10.8 Å². The fourth-order valence-corrected chi connectivity index (χ4v) is 5.06. The van der Waals surface area contributed by atoms with Crippen molar-refractivity contribution in [3.63, 3.8) is 0 Å². The Balaban J connectivity index is 2.05. The lowest BCUT2D eigenvalue weighted by molar-refractivity contribution is -0.127. The molecule has 2 heterocycles. The van der Waals surface area contributed by atoms with Crippen molar-refractivity contribution < 1.29 is 14.3 Å². The number of ether oxygens (including phenoxy) is 2. The van der Waals surface area contributed by atoms with Gasteiger partial charge in [0.1, 0.15) is 11.5 Å². The first kappa shape index (κ1) is 22.4. The maximum Gasteiger partial charge on any atom is 0.176 e. The predicted octanol–water partition coefficient (Wildman–Crippen LogP) is 4.72. The molecule has 0 bridgehead atoms. The molecule has 0 unspecified atom stereocenters. The SMILES string of the molecule is COc1cc(OC)cc([C@@H]2[C@@H](C(=O)C(C)(C)C)N3c4ccccc4C=C[C@H]3C2(C#N)C#N)c1. The van der Waals surface area contributed by atoms with Crippen LogP contribution in [-0.4, -0.2) is 32.1 Å². The van der Waals surface area contributed by atoms with Gasteiger partial charge >= 0.3 is 0 Å². The molecule has 168 valence electrons. The van der Waals surface area contributed by atoms with Crippen LogP contribution in [0.5, 0.6) is 11.5 Å². The Morgan fingerprint density at radius 2 is 1.64 bits per heavy atom. The Hall–Kier alpha value is -3.77. The Morgan fingerprint density at radius 3 is 2.18 bits per heavy atom. The maximum absolute atomic E-state index is 14.0. The number of benzene rings is 2. The number of anilines is 1. The van der Waals surface area contributed by atoms with Crippen LogP contribution < -0.4 is 14.4 Å². The lowest BCUT2D eigenvalue weighted by Crippen LogP contribution is -2.47. The molecule has 4 rings (SSSR count). The number of rotatable bonds is 4. The van der Waals surface area contributed by atoms with Gasteiger partial charge in [-0.25, -0.2) is 0 Å². The van der Waals surface area contributed by atoms with Crippen molar-refractivity contribution in [1.29, 1.82) is 10.5 Å². The van der Waals surface area contributed by atoms with Crippen LogP contribution in [0, 0.1) is 33.5 Å². The Morgan fingerprint density at radius 1 is 1.03 bits per heavy atom. The summed E-state index contributed by atoms with van der Waals surface area (Å²) in [5.41, 5.74) is 0.284. The number of carbonyl (C=O) groups excluding carboxylic acids is 1. The third-order valence-electron chi connectivity index (χ3n) is 6.66. The van der Waals surface area contributed by atoms with E-state index in [1.165, 1.54) is 0 Å². The van der Waals surface area contributed by atoms with Gasteiger partial charge < -0.3 is 14.4 Å². The van der Waals surface area contributed by atoms with E-state index < -0.39 is 28.8 Å². The summed E-state index contributed by atoms with van der Waals surface area (Å²) in [5, 5.41) is 21.0. The molecule has 0 amide bonds. The fourth-order valence-electron chi connectivity index (χ4n) is 5.06. The van der Waals surface area contributed by atoms with Crippen molar-refractivity contribution in [1.82, 2.24) is 0 Å². The summed E-state index contributed by atoms with van der Waals surface area (Å²) in [6.45, 7) is 5.62. The average molecular weight is 442 g/mol. The smallest absolute Gasteiger partial charge is 0.176 e.